The first-order valence-electron chi connectivity index (χ1n) is 10.6. The van der Waals surface area contributed by atoms with Crippen LogP contribution in [-0.4, -0.2) is 61.8 Å². The van der Waals surface area contributed by atoms with Gasteiger partial charge in [0.05, 0.1) is 12.4 Å². The number of nitrogens with two attached hydrogens (primary N) is 1. The number of nitrogens with zero attached hydrogens (tertiary/aromatic N) is 1. The second-order valence-corrected chi connectivity index (χ2v) is 11.6. The van der Waals surface area contributed by atoms with Gasteiger partial charge in [-0.05, 0) is 25.2 Å². The third-order valence-corrected chi connectivity index (χ3v) is 7.48. The Balaban J connectivity index is 2.93. The van der Waals surface area contributed by atoms with E-state index in [4.69, 9.17) is 5.73 Å². The molecule has 0 aliphatic carbocycles. The van der Waals surface area contributed by atoms with Crippen molar-refractivity contribution in [2.24, 2.45) is 23.5 Å². The molecule has 2 amide bonds. The maximum Gasteiger partial charge on any atom is 0.326 e. The predicted molar refractivity (Wildman–Crippen MR) is 120 cm³/mol. The van der Waals surface area contributed by atoms with Gasteiger partial charge in [-0.1, -0.05) is 27.7 Å². The molecule has 0 aromatic carbocycles. The van der Waals surface area contributed by atoms with Gasteiger partial charge >= 0.3 is 5.97 Å². The van der Waals surface area contributed by atoms with E-state index in [2.05, 4.69) is 20.6 Å². The number of imidazole rings is 1. The highest BCUT2D eigenvalue weighted by Gasteiger charge is 2.36. The summed E-state index contributed by atoms with van der Waals surface area (Å²) in [6.07, 6.45) is 2.74. The number of hydrogen-bond donors (Lipinski definition) is 6. The van der Waals surface area contributed by atoms with Gasteiger partial charge in [0.2, 0.25) is 19.2 Å². The Morgan fingerprint density at radius 1 is 1.16 bits per heavy atom. The van der Waals surface area contributed by atoms with Gasteiger partial charge in [0.15, 0.2) is 0 Å². The maximum absolute atomic E-state index is 13.0. The lowest BCUT2D eigenvalue weighted by Gasteiger charge is -2.27. The Kier molecular flexibility index (Phi) is 10.5. The van der Waals surface area contributed by atoms with Crippen LogP contribution in [0.25, 0.3) is 0 Å². The number of carbonyl (C=O) groups is 3. The summed E-state index contributed by atoms with van der Waals surface area (Å²) in [7, 11) is -4.01. The molecule has 11 nitrogen and oxygen atoms in total. The van der Waals surface area contributed by atoms with E-state index in [1.54, 1.807) is 13.8 Å². The predicted octanol–water partition coefficient (Wildman–Crippen LogP) is 0.900. The molecule has 12 heteroatoms. The maximum atomic E-state index is 13.0. The lowest BCUT2D eigenvalue weighted by Crippen LogP contribution is -2.48. The zero-order valence-electron chi connectivity index (χ0n) is 19.2. The minimum absolute atomic E-state index is 0.00813. The van der Waals surface area contributed by atoms with Crippen LogP contribution in [0.2, 0.25) is 0 Å². The summed E-state index contributed by atoms with van der Waals surface area (Å²) in [5.41, 5.74) is 6.33. The fourth-order valence-corrected chi connectivity index (χ4v) is 4.71. The number of aromatic amines is 1. The lowest BCUT2D eigenvalue weighted by molar-refractivity contribution is -0.142. The molecule has 0 radical (unpaired) electrons. The Bertz CT molecular complexity index is 813. The van der Waals surface area contributed by atoms with Gasteiger partial charge in [-0.3, -0.25) is 14.2 Å². The van der Waals surface area contributed by atoms with Gasteiger partial charge in [0.1, 0.15) is 11.8 Å². The molecule has 1 rings (SSSR count). The monoisotopic (exact) mass is 473 g/mol. The molecule has 5 atom stereocenters. The number of aromatic nitrogens is 2. The van der Waals surface area contributed by atoms with Gasteiger partial charge < -0.3 is 31.4 Å². The van der Waals surface area contributed by atoms with Crippen molar-refractivity contribution in [3.63, 3.8) is 0 Å². The number of carbonyl (C=O) groups excluding carboxylic acids is 2. The molecule has 0 aliphatic heterocycles. The van der Waals surface area contributed by atoms with Gasteiger partial charge in [0, 0.05) is 30.4 Å². The summed E-state index contributed by atoms with van der Waals surface area (Å²) in [6.45, 7) is 8.63. The molecule has 3 unspecified atom stereocenters. The minimum atomic E-state index is -4.01. The van der Waals surface area contributed by atoms with Crippen molar-refractivity contribution in [1.82, 2.24) is 20.6 Å². The fourth-order valence-electron chi connectivity index (χ4n) is 3.12. The zero-order valence-corrected chi connectivity index (χ0v) is 20.1. The van der Waals surface area contributed by atoms with Crippen molar-refractivity contribution in [3.05, 3.63) is 18.2 Å². The third kappa shape index (κ3) is 8.72. The molecule has 0 spiro atoms. The van der Waals surface area contributed by atoms with Gasteiger partial charge in [-0.2, -0.15) is 0 Å². The van der Waals surface area contributed by atoms with Gasteiger partial charge in [-0.15, -0.1) is 0 Å². The first-order chi connectivity index (χ1) is 14.7. The van der Waals surface area contributed by atoms with Crippen LogP contribution in [0.15, 0.2) is 12.5 Å². The number of amides is 2. The van der Waals surface area contributed by atoms with Crippen LogP contribution in [0.5, 0.6) is 0 Å². The molecule has 182 valence electrons. The molecule has 0 fully saturated rings. The Hall–Kier alpha value is -2.23. The van der Waals surface area contributed by atoms with Crippen molar-refractivity contribution in [2.45, 2.75) is 65.3 Å². The van der Waals surface area contributed by atoms with E-state index < -0.39 is 55.1 Å². The largest absolute Gasteiger partial charge is 0.480 e. The number of rotatable bonds is 13. The Labute approximate surface area is 188 Å². The molecule has 1 aromatic rings. The van der Waals surface area contributed by atoms with Gasteiger partial charge in [-0.25, -0.2) is 9.78 Å². The number of carboxylic acid groups (broad SMARTS) is 1. The third-order valence-electron chi connectivity index (χ3n) is 5.18. The van der Waals surface area contributed by atoms with E-state index in [1.807, 2.05) is 13.8 Å². The second-order valence-electron chi connectivity index (χ2n) is 8.90. The summed E-state index contributed by atoms with van der Waals surface area (Å²) in [5.74, 6) is -4.56. The second kappa shape index (κ2) is 12.1. The molecule has 0 saturated heterocycles. The van der Waals surface area contributed by atoms with Crippen molar-refractivity contribution >= 4 is 25.2 Å². The highest BCUT2D eigenvalue weighted by Crippen LogP contribution is 2.47. The van der Waals surface area contributed by atoms with Gasteiger partial charge in [0.25, 0.3) is 0 Å². The normalized spacial score (nSPS) is 17.3. The van der Waals surface area contributed by atoms with Crippen molar-refractivity contribution in [2.75, 3.05) is 6.16 Å². The van der Waals surface area contributed by atoms with E-state index in [1.165, 1.54) is 19.4 Å². The molecule has 7 N–H and O–H groups in total. The molecule has 1 aromatic heterocycles. The molecular formula is C20H36N5O6P. The molecular weight excluding hydrogens is 437 g/mol. The Morgan fingerprint density at radius 2 is 1.78 bits per heavy atom. The van der Waals surface area contributed by atoms with Crippen LogP contribution in [0.1, 0.15) is 46.7 Å². The summed E-state index contributed by atoms with van der Waals surface area (Å²) >= 11 is 0. The van der Waals surface area contributed by atoms with Crippen molar-refractivity contribution < 1.29 is 28.9 Å². The number of hydrogen-bond acceptors (Lipinski definition) is 6. The highest BCUT2D eigenvalue weighted by molar-refractivity contribution is 7.58. The molecule has 0 aliphatic rings. The fraction of sp³-hybridized carbons (Fsp3) is 0.700. The average Bonchev–Trinajstić information content (AvgIpc) is 3.18. The van der Waals surface area contributed by atoms with Crippen LogP contribution in [-0.2, 0) is 25.4 Å². The summed E-state index contributed by atoms with van der Waals surface area (Å²) < 4.78 is 13.0. The standard InChI is InChI=1S/C20H36N5O6P/c1-11(2)6-14(9-32(30,31)13(5)24-19(27)17(21)12(3)4)18(26)25-16(20(28)29)7-15-8-22-10-23-15/h8,10-14,16-17H,6-7,9,21H2,1-5H3,(H,22,23)(H,24,27)(H,25,26)(H,28,29)(H,30,31)/t13?,14?,16-,17-/m0/s1. The lowest BCUT2D eigenvalue weighted by atomic mass is 9.97. The van der Waals surface area contributed by atoms with Crippen LogP contribution in [0, 0.1) is 17.8 Å². The van der Waals surface area contributed by atoms with Crippen LogP contribution >= 0.6 is 7.37 Å². The zero-order chi connectivity index (χ0) is 24.6. The van der Waals surface area contributed by atoms with Crippen molar-refractivity contribution in [3.8, 4) is 0 Å². The smallest absolute Gasteiger partial charge is 0.326 e. The van der Waals surface area contributed by atoms with Crippen LogP contribution in [0.3, 0.4) is 0 Å². The molecule has 0 bridgehead atoms. The topological polar surface area (TPSA) is 188 Å². The SMILES string of the molecule is CC(C)CC(CP(=O)(O)C(C)NC(=O)[C@@H](N)C(C)C)C(=O)N[C@@H](Cc1cnc[nH]1)C(=O)O. The number of aliphatic carboxylic acids is 1. The molecule has 0 saturated carbocycles. The van der Waals surface area contributed by atoms with E-state index in [-0.39, 0.29) is 24.7 Å². The molecule has 32 heavy (non-hydrogen) atoms. The number of H-pyrrole nitrogens is 1. The minimum Gasteiger partial charge on any atom is -0.480 e. The van der Waals surface area contributed by atoms with Crippen molar-refractivity contribution in [1.29, 1.82) is 0 Å². The quantitative estimate of drug-likeness (QED) is 0.228. The first-order valence-corrected chi connectivity index (χ1v) is 12.5. The van der Waals surface area contributed by atoms with Crippen LogP contribution in [0.4, 0.5) is 0 Å². The average molecular weight is 474 g/mol. The van der Waals surface area contributed by atoms with E-state index in [0.29, 0.717) is 5.69 Å². The summed E-state index contributed by atoms with van der Waals surface area (Å²) in [4.78, 5) is 54.0. The number of carboxylic acids is 1. The number of nitrogens with one attached hydrogen (secondary N) is 3. The van der Waals surface area contributed by atoms with E-state index in [0.717, 1.165) is 0 Å². The van der Waals surface area contributed by atoms with E-state index in [9.17, 15) is 28.9 Å². The summed E-state index contributed by atoms with van der Waals surface area (Å²) in [5, 5.41) is 14.4. The first kappa shape index (κ1) is 27.8. The van der Waals surface area contributed by atoms with E-state index >= 15 is 0 Å². The summed E-state index contributed by atoms with van der Waals surface area (Å²) in [6, 6.07) is -2.05. The van der Waals surface area contributed by atoms with Crippen LogP contribution < -0.4 is 16.4 Å². The Morgan fingerprint density at radius 3 is 2.25 bits per heavy atom. The molecule has 1 heterocycles. The highest BCUT2D eigenvalue weighted by atomic mass is 31.2.